The normalized spacial score (nSPS) is 15.5. The highest BCUT2D eigenvalue weighted by Gasteiger charge is 2.17. The smallest absolute Gasteiger partial charge is 0.368 e. The van der Waals surface area contributed by atoms with E-state index in [4.69, 9.17) is 9.47 Å². The number of aryl methyl sites for hydroxylation is 2. The Morgan fingerprint density at radius 1 is 1.28 bits per heavy atom. The van der Waals surface area contributed by atoms with Crippen LogP contribution in [-0.2, 0) is 18.2 Å². The molecule has 0 atom stereocenters. The van der Waals surface area contributed by atoms with Gasteiger partial charge < -0.3 is 9.47 Å². The third kappa shape index (κ3) is 3.88. The minimum atomic E-state index is -0.410. The summed E-state index contributed by atoms with van der Waals surface area (Å²) in [5.41, 5.74) is 0.484. The Labute approximate surface area is 144 Å². The van der Waals surface area contributed by atoms with E-state index in [1.807, 2.05) is 6.92 Å². The molecular formula is C16H22FN5O3. The van der Waals surface area contributed by atoms with Crippen LogP contribution >= 0.6 is 0 Å². The van der Waals surface area contributed by atoms with Crippen molar-refractivity contribution < 1.29 is 13.9 Å². The van der Waals surface area contributed by atoms with Crippen molar-refractivity contribution in [3.05, 3.63) is 34.0 Å². The molecule has 0 spiro atoms. The molecule has 0 N–H and O–H groups in total. The molecule has 0 aliphatic carbocycles. The van der Waals surface area contributed by atoms with Gasteiger partial charge in [0.05, 0.1) is 13.2 Å². The second-order valence-corrected chi connectivity index (χ2v) is 5.86. The van der Waals surface area contributed by atoms with Crippen LogP contribution in [0.25, 0.3) is 5.69 Å². The summed E-state index contributed by atoms with van der Waals surface area (Å²) < 4.78 is 27.5. The average Bonchev–Trinajstić information content (AvgIpc) is 2.95. The standard InChI is InChI=1S/C16H22FN5O3/c1-3-12-10-14(22-16(23)20(2)18-19-22)15(11-13(12)17)25-9-6-21-4-7-24-8-5-21/h10-11H,3-9H2,1-2H3. The predicted octanol–water partition coefficient (Wildman–Crippen LogP) is 0.378. The van der Waals surface area contributed by atoms with Crippen molar-refractivity contribution in [2.45, 2.75) is 13.3 Å². The minimum Gasteiger partial charge on any atom is -0.490 e. The Hall–Kier alpha value is -2.26. The van der Waals surface area contributed by atoms with E-state index in [0.717, 1.165) is 22.5 Å². The molecule has 2 heterocycles. The van der Waals surface area contributed by atoms with Gasteiger partial charge in [0.1, 0.15) is 23.9 Å². The Morgan fingerprint density at radius 3 is 2.68 bits per heavy atom. The first-order valence-corrected chi connectivity index (χ1v) is 8.35. The molecule has 0 amide bonds. The van der Waals surface area contributed by atoms with Crippen molar-refractivity contribution in [3.8, 4) is 11.4 Å². The van der Waals surface area contributed by atoms with Crippen LogP contribution in [0.1, 0.15) is 12.5 Å². The molecule has 0 radical (unpaired) electrons. The Kier molecular flexibility index (Phi) is 5.44. The number of tetrazole rings is 1. The lowest BCUT2D eigenvalue weighted by molar-refractivity contribution is 0.0322. The molecule has 1 aromatic carbocycles. The quantitative estimate of drug-likeness (QED) is 0.749. The van der Waals surface area contributed by atoms with Gasteiger partial charge in [0.15, 0.2) is 0 Å². The van der Waals surface area contributed by atoms with Crippen molar-refractivity contribution in [3.63, 3.8) is 0 Å². The fraction of sp³-hybridized carbons (Fsp3) is 0.562. The molecule has 1 aromatic heterocycles. The first-order chi connectivity index (χ1) is 12.1. The molecule has 3 rings (SSSR count). The zero-order valence-corrected chi connectivity index (χ0v) is 14.4. The summed E-state index contributed by atoms with van der Waals surface area (Å²) in [5.74, 6) is -0.0740. The van der Waals surface area contributed by atoms with E-state index in [1.54, 1.807) is 6.07 Å². The molecule has 8 nitrogen and oxygen atoms in total. The van der Waals surface area contributed by atoms with E-state index in [0.29, 0.717) is 44.0 Å². The summed E-state index contributed by atoms with van der Waals surface area (Å²) >= 11 is 0. The first kappa shape index (κ1) is 17.6. The number of nitrogens with zero attached hydrogens (tertiary/aromatic N) is 5. The van der Waals surface area contributed by atoms with Crippen LogP contribution in [0.2, 0.25) is 0 Å². The largest absolute Gasteiger partial charge is 0.490 e. The summed E-state index contributed by atoms with van der Waals surface area (Å²) in [7, 11) is 1.51. The highest BCUT2D eigenvalue weighted by Crippen LogP contribution is 2.26. The van der Waals surface area contributed by atoms with Crippen molar-refractivity contribution in [1.29, 1.82) is 0 Å². The van der Waals surface area contributed by atoms with E-state index < -0.39 is 5.69 Å². The Balaban J connectivity index is 1.82. The SMILES string of the molecule is CCc1cc(-n2nnn(C)c2=O)c(OCCN2CCOCC2)cc1F. The lowest BCUT2D eigenvalue weighted by Gasteiger charge is -2.26. The fourth-order valence-corrected chi connectivity index (χ4v) is 2.71. The third-order valence-electron chi connectivity index (χ3n) is 4.23. The van der Waals surface area contributed by atoms with Gasteiger partial charge in [0.25, 0.3) is 0 Å². The van der Waals surface area contributed by atoms with Crippen LogP contribution in [0, 0.1) is 5.82 Å². The second-order valence-electron chi connectivity index (χ2n) is 5.86. The van der Waals surface area contributed by atoms with Gasteiger partial charge in [-0.25, -0.2) is 9.18 Å². The maximum absolute atomic E-state index is 14.2. The van der Waals surface area contributed by atoms with Crippen LogP contribution in [0.4, 0.5) is 4.39 Å². The number of halogens is 1. The summed E-state index contributed by atoms with van der Waals surface area (Å²) in [5, 5.41) is 7.55. The van der Waals surface area contributed by atoms with Crippen molar-refractivity contribution in [2.75, 3.05) is 39.5 Å². The van der Waals surface area contributed by atoms with E-state index in [2.05, 4.69) is 15.3 Å². The summed E-state index contributed by atoms with van der Waals surface area (Å²) in [6.07, 6.45) is 0.502. The Bertz CT molecular complexity index is 783. The molecule has 1 aliphatic heterocycles. The molecule has 25 heavy (non-hydrogen) atoms. The highest BCUT2D eigenvalue weighted by atomic mass is 19.1. The third-order valence-corrected chi connectivity index (χ3v) is 4.23. The molecule has 1 aliphatic rings. The van der Waals surface area contributed by atoms with Gasteiger partial charge in [0.2, 0.25) is 0 Å². The van der Waals surface area contributed by atoms with Crippen LogP contribution in [0.15, 0.2) is 16.9 Å². The van der Waals surface area contributed by atoms with Gasteiger partial charge in [-0.15, -0.1) is 0 Å². The van der Waals surface area contributed by atoms with Crippen LogP contribution in [0.5, 0.6) is 5.75 Å². The minimum absolute atomic E-state index is 0.283. The van der Waals surface area contributed by atoms with Crippen molar-refractivity contribution >= 4 is 0 Å². The van der Waals surface area contributed by atoms with Crippen molar-refractivity contribution in [2.24, 2.45) is 7.05 Å². The average molecular weight is 351 g/mol. The fourth-order valence-electron chi connectivity index (χ4n) is 2.71. The number of rotatable bonds is 6. The first-order valence-electron chi connectivity index (χ1n) is 8.35. The molecule has 2 aromatic rings. The van der Waals surface area contributed by atoms with E-state index in [9.17, 15) is 9.18 Å². The van der Waals surface area contributed by atoms with Crippen LogP contribution in [-0.4, -0.2) is 64.1 Å². The number of hydrogen-bond donors (Lipinski definition) is 0. The molecule has 1 saturated heterocycles. The molecule has 0 unspecified atom stereocenters. The number of ether oxygens (including phenoxy) is 2. The molecular weight excluding hydrogens is 329 g/mol. The Morgan fingerprint density at radius 2 is 2.04 bits per heavy atom. The molecule has 0 bridgehead atoms. The summed E-state index contributed by atoms with van der Waals surface area (Å²) in [4.78, 5) is 14.4. The molecule has 1 fully saturated rings. The van der Waals surface area contributed by atoms with E-state index in [1.165, 1.54) is 13.1 Å². The van der Waals surface area contributed by atoms with Gasteiger partial charge in [0, 0.05) is 32.7 Å². The second kappa shape index (κ2) is 7.75. The lowest BCUT2D eigenvalue weighted by atomic mass is 10.1. The summed E-state index contributed by atoms with van der Waals surface area (Å²) in [6, 6.07) is 2.91. The van der Waals surface area contributed by atoms with E-state index in [-0.39, 0.29) is 11.6 Å². The molecule has 136 valence electrons. The van der Waals surface area contributed by atoms with Gasteiger partial charge in [-0.05, 0) is 28.5 Å². The number of hydrogen-bond acceptors (Lipinski definition) is 6. The van der Waals surface area contributed by atoms with Gasteiger partial charge >= 0.3 is 5.69 Å². The number of benzene rings is 1. The van der Waals surface area contributed by atoms with Gasteiger partial charge in [-0.2, -0.15) is 9.36 Å². The van der Waals surface area contributed by atoms with Crippen molar-refractivity contribution in [1.82, 2.24) is 24.7 Å². The van der Waals surface area contributed by atoms with Crippen LogP contribution < -0.4 is 10.4 Å². The predicted molar refractivity (Wildman–Crippen MR) is 88.7 cm³/mol. The zero-order valence-electron chi connectivity index (χ0n) is 14.4. The molecule has 0 saturated carbocycles. The van der Waals surface area contributed by atoms with Gasteiger partial charge in [-0.3, -0.25) is 4.90 Å². The summed E-state index contributed by atoms with van der Waals surface area (Å²) in [6.45, 7) is 6.05. The monoisotopic (exact) mass is 351 g/mol. The highest BCUT2D eigenvalue weighted by molar-refractivity contribution is 5.49. The number of morpholine rings is 1. The topological polar surface area (TPSA) is 74.4 Å². The zero-order chi connectivity index (χ0) is 17.8. The lowest BCUT2D eigenvalue weighted by Crippen LogP contribution is -2.38. The van der Waals surface area contributed by atoms with E-state index >= 15 is 0 Å². The number of aromatic nitrogens is 4. The van der Waals surface area contributed by atoms with Gasteiger partial charge in [-0.1, -0.05) is 6.92 Å². The maximum Gasteiger partial charge on any atom is 0.368 e. The maximum atomic E-state index is 14.2. The molecule has 9 heteroatoms. The van der Waals surface area contributed by atoms with Crippen LogP contribution in [0.3, 0.4) is 0 Å².